The first-order chi connectivity index (χ1) is 14.5. The highest BCUT2D eigenvalue weighted by Crippen LogP contribution is 2.20. The van der Waals surface area contributed by atoms with Gasteiger partial charge >= 0.3 is 0 Å². The molecule has 0 fully saturated rings. The number of halogens is 3. The number of carbonyl (C=O) groups is 2. The van der Waals surface area contributed by atoms with E-state index in [1.54, 1.807) is 0 Å². The maximum absolute atomic E-state index is 13.8. The predicted octanol–water partition coefficient (Wildman–Crippen LogP) is 3.99. The average Bonchev–Trinajstić information content (AvgIpc) is 2.94. The van der Waals surface area contributed by atoms with Crippen LogP contribution in [-0.4, -0.2) is 39.6 Å². The van der Waals surface area contributed by atoms with Crippen LogP contribution in [0.25, 0.3) is 0 Å². The highest BCUT2D eigenvalue weighted by atomic mass is 19.2. The summed E-state index contributed by atoms with van der Waals surface area (Å²) in [5, 5.41) is 6.71. The van der Waals surface area contributed by atoms with Gasteiger partial charge in [0.1, 0.15) is 0 Å². The second-order valence-electron chi connectivity index (χ2n) is 7.99. The molecule has 1 aromatic carbocycles. The van der Waals surface area contributed by atoms with E-state index < -0.39 is 29.0 Å². The molecule has 0 unspecified atom stereocenters. The Bertz CT molecular complexity index is 957. The van der Waals surface area contributed by atoms with E-state index in [4.69, 9.17) is 0 Å². The lowest BCUT2D eigenvalue weighted by Crippen LogP contribution is -2.39. The highest BCUT2D eigenvalue weighted by Gasteiger charge is 2.22. The molecule has 0 saturated heterocycles. The Balaban J connectivity index is 2.12. The number of nitrogens with one attached hydrogen (secondary N) is 1. The summed E-state index contributed by atoms with van der Waals surface area (Å²) in [6.07, 6.45) is 0.700. The molecular weight excluding hydrogens is 409 g/mol. The van der Waals surface area contributed by atoms with Crippen molar-refractivity contribution in [1.82, 2.24) is 14.7 Å². The third kappa shape index (κ3) is 6.08. The molecule has 9 heteroatoms. The van der Waals surface area contributed by atoms with Gasteiger partial charge in [-0.15, -0.1) is 0 Å². The minimum Gasteiger partial charge on any atom is -0.333 e. The van der Waals surface area contributed by atoms with Crippen LogP contribution in [0, 0.1) is 37.2 Å². The summed E-state index contributed by atoms with van der Waals surface area (Å²) < 4.78 is 42.1. The second kappa shape index (κ2) is 10.5. The van der Waals surface area contributed by atoms with Crippen molar-refractivity contribution in [2.45, 2.75) is 54.0 Å². The van der Waals surface area contributed by atoms with Gasteiger partial charge in [-0.05, 0) is 38.3 Å². The Hall–Kier alpha value is -2.84. The van der Waals surface area contributed by atoms with E-state index >= 15 is 0 Å². The van der Waals surface area contributed by atoms with E-state index in [2.05, 4.69) is 24.3 Å². The molecule has 2 rings (SSSR count). The highest BCUT2D eigenvalue weighted by molar-refractivity contribution is 5.95. The zero-order valence-electron chi connectivity index (χ0n) is 18.6. The van der Waals surface area contributed by atoms with Crippen molar-refractivity contribution in [3.63, 3.8) is 0 Å². The Morgan fingerprint density at radius 1 is 1.16 bits per heavy atom. The Labute approximate surface area is 180 Å². The smallest absolute Gasteiger partial charge is 0.244 e. The van der Waals surface area contributed by atoms with Gasteiger partial charge in [0, 0.05) is 24.3 Å². The van der Waals surface area contributed by atoms with E-state index in [0.29, 0.717) is 18.9 Å². The minimum absolute atomic E-state index is 0.0859. The first-order valence-electron chi connectivity index (χ1n) is 10.3. The number of aromatic nitrogens is 2. The summed E-state index contributed by atoms with van der Waals surface area (Å²) in [6.45, 7) is 10.5. The molecule has 1 heterocycles. The van der Waals surface area contributed by atoms with Crippen molar-refractivity contribution in [3.8, 4) is 0 Å². The lowest BCUT2D eigenvalue weighted by molar-refractivity contribution is -0.134. The summed E-state index contributed by atoms with van der Waals surface area (Å²) in [5.74, 6) is -5.05. The maximum Gasteiger partial charge on any atom is 0.244 e. The normalized spacial score (nSPS) is 11.1. The lowest BCUT2D eigenvalue weighted by Gasteiger charge is -2.22. The zero-order valence-corrected chi connectivity index (χ0v) is 18.6. The molecule has 0 aliphatic rings. The second-order valence-corrected chi connectivity index (χ2v) is 7.99. The quantitative estimate of drug-likeness (QED) is 0.602. The fraction of sp³-hybridized carbons (Fsp3) is 0.500. The number of amides is 2. The number of hydrogen-bond donors (Lipinski definition) is 1. The molecular formula is C22H29F3N4O2. The topological polar surface area (TPSA) is 67.2 Å². The van der Waals surface area contributed by atoms with E-state index in [9.17, 15) is 22.8 Å². The van der Waals surface area contributed by atoms with Gasteiger partial charge in [0.05, 0.1) is 24.3 Å². The van der Waals surface area contributed by atoms with Gasteiger partial charge in [-0.3, -0.25) is 14.3 Å². The SMILES string of the molecule is CCCN(CC(=O)Nc1ccc(F)c(F)c1F)C(=O)Cc1c(C)nn(CC(C)C)c1C. The molecule has 0 spiro atoms. The van der Waals surface area contributed by atoms with Crippen LogP contribution in [0.15, 0.2) is 12.1 Å². The zero-order chi connectivity index (χ0) is 23.3. The van der Waals surface area contributed by atoms with Crippen LogP contribution in [0.1, 0.15) is 44.1 Å². The Kier molecular flexibility index (Phi) is 8.24. The van der Waals surface area contributed by atoms with Crippen molar-refractivity contribution in [2.24, 2.45) is 5.92 Å². The summed E-state index contributed by atoms with van der Waals surface area (Å²) in [4.78, 5) is 26.6. The van der Waals surface area contributed by atoms with Gasteiger partial charge in [0.25, 0.3) is 0 Å². The van der Waals surface area contributed by atoms with Gasteiger partial charge in [0.2, 0.25) is 11.8 Å². The first-order valence-corrected chi connectivity index (χ1v) is 10.3. The first kappa shape index (κ1) is 24.4. The molecule has 0 atom stereocenters. The predicted molar refractivity (Wildman–Crippen MR) is 112 cm³/mol. The molecule has 1 N–H and O–H groups in total. The van der Waals surface area contributed by atoms with Crippen LogP contribution in [0.2, 0.25) is 0 Å². The van der Waals surface area contributed by atoms with Gasteiger partial charge < -0.3 is 10.2 Å². The molecule has 2 aromatic rings. The van der Waals surface area contributed by atoms with Crippen LogP contribution in [0.5, 0.6) is 0 Å². The van der Waals surface area contributed by atoms with Gasteiger partial charge in [0.15, 0.2) is 17.5 Å². The molecule has 6 nitrogen and oxygen atoms in total. The summed E-state index contributed by atoms with van der Waals surface area (Å²) in [6, 6.07) is 1.66. The van der Waals surface area contributed by atoms with Crippen LogP contribution < -0.4 is 5.32 Å². The molecule has 0 saturated carbocycles. The largest absolute Gasteiger partial charge is 0.333 e. The fourth-order valence-electron chi connectivity index (χ4n) is 3.32. The van der Waals surface area contributed by atoms with Crippen molar-refractivity contribution in [2.75, 3.05) is 18.4 Å². The third-order valence-corrected chi connectivity index (χ3v) is 4.89. The lowest BCUT2D eigenvalue weighted by atomic mass is 10.1. The van der Waals surface area contributed by atoms with Gasteiger partial charge in [-0.1, -0.05) is 20.8 Å². The number of rotatable bonds is 9. The third-order valence-electron chi connectivity index (χ3n) is 4.89. The van der Waals surface area contributed by atoms with E-state index in [1.165, 1.54) is 4.90 Å². The van der Waals surface area contributed by atoms with E-state index in [-0.39, 0.29) is 18.9 Å². The molecule has 2 amide bonds. The van der Waals surface area contributed by atoms with Crippen LogP contribution in [0.3, 0.4) is 0 Å². The summed E-state index contributed by atoms with van der Waals surface area (Å²) >= 11 is 0. The van der Waals surface area contributed by atoms with Gasteiger partial charge in [-0.25, -0.2) is 13.2 Å². The molecule has 31 heavy (non-hydrogen) atoms. The van der Waals surface area contributed by atoms with Crippen LogP contribution >= 0.6 is 0 Å². The maximum atomic E-state index is 13.8. The average molecular weight is 438 g/mol. The standard InChI is InChI=1S/C22H29F3N4O2/c1-6-9-28(12-19(30)26-18-8-7-17(23)21(24)22(18)25)20(31)10-16-14(4)27-29(15(16)5)11-13(2)3/h7-8,13H,6,9-12H2,1-5H3,(H,26,30). The van der Waals surface area contributed by atoms with Gasteiger partial charge in [-0.2, -0.15) is 5.10 Å². The fourth-order valence-corrected chi connectivity index (χ4v) is 3.32. The van der Waals surface area contributed by atoms with Crippen molar-refractivity contribution >= 4 is 17.5 Å². The monoisotopic (exact) mass is 438 g/mol. The number of carbonyl (C=O) groups excluding carboxylic acids is 2. The molecule has 0 bridgehead atoms. The van der Waals surface area contributed by atoms with E-state index in [0.717, 1.165) is 35.6 Å². The van der Waals surface area contributed by atoms with E-state index in [1.807, 2.05) is 25.5 Å². The van der Waals surface area contributed by atoms with Crippen molar-refractivity contribution < 1.29 is 22.8 Å². The number of hydrogen-bond acceptors (Lipinski definition) is 3. The molecule has 0 aliphatic heterocycles. The molecule has 0 aliphatic carbocycles. The number of benzene rings is 1. The van der Waals surface area contributed by atoms with Crippen LogP contribution in [0.4, 0.5) is 18.9 Å². The Morgan fingerprint density at radius 2 is 1.84 bits per heavy atom. The Morgan fingerprint density at radius 3 is 2.45 bits per heavy atom. The van der Waals surface area contributed by atoms with Crippen molar-refractivity contribution in [1.29, 1.82) is 0 Å². The minimum atomic E-state index is -1.66. The number of nitrogens with zero attached hydrogens (tertiary/aromatic N) is 3. The summed E-state index contributed by atoms with van der Waals surface area (Å²) in [7, 11) is 0. The number of anilines is 1. The molecule has 1 aromatic heterocycles. The number of aryl methyl sites for hydroxylation is 1. The van der Waals surface area contributed by atoms with Crippen molar-refractivity contribution in [3.05, 3.63) is 46.5 Å². The summed E-state index contributed by atoms with van der Waals surface area (Å²) in [5.41, 5.74) is 2.01. The van der Waals surface area contributed by atoms with Crippen LogP contribution in [-0.2, 0) is 22.6 Å². The molecule has 170 valence electrons. The molecule has 0 radical (unpaired) electrons.